The maximum absolute atomic E-state index is 13.5. The molecule has 1 aromatic carbocycles. The van der Waals surface area contributed by atoms with Gasteiger partial charge in [-0.25, -0.2) is 4.39 Å². The molecule has 0 saturated heterocycles. The standard InChI is InChI=1S/C12H16FN/c1-11(2)7-12(14,8-11)9-5-3-4-6-10(9)13/h3-6H,7-8,14H2,1-2H3. The highest BCUT2D eigenvalue weighted by molar-refractivity contribution is 5.29. The fourth-order valence-electron chi connectivity index (χ4n) is 2.71. The van der Waals surface area contributed by atoms with E-state index in [0.717, 1.165) is 12.8 Å². The molecule has 1 aliphatic rings. The van der Waals surface area contributed by atoms with Crippen LogP contribution in [0.2, 0.25) is 0 Å². The Morgan fingerprint density at radius 3 is 2.29 bits per heavy atom. The van der Waals surface area contributed by atoms with E-state index in [0.29, 0.717) is 5.56 Å². The summed E-state index contributed by atoms with van der Waals surface area (Å²) in [5, 5.41) is 0. The van der Waals surface area contributed by atoms with Crippen LogP contribution in [-0.2, 0) is 5.54 Å². The van der Waals surface area contributed by atoms with Crippen molar-refractivity contribution >= 4 is 0 Å². The van der Waals surface area contributed by atoms with Crippen LogP contribution >= 0.6 is 0 Å². The number of nitrogens with two attached hydrogens (primary N) is 1. The summed E-state index contributed by atoms with van der Waals surface area (Å²) in [5.74, 6) is -0.175. The van der Waals surface area contributed by atoms with Gasteiger partial charge in [0.2, 0.25) is 0 Å². The predicted molar refractivity (Wildman–Crippen MR) is 55.3 cm³/mol. The first-order valence-corrected chi connectivity index (χ1v) is 4.97. The molecule has 2 N–H and O–H groups in total. The van der Waals surface area contributed by atoms with E-state index in [-0.39, 0.29) is 11.2 Å². The highest BCUT2D eigenvalue weighted by atomic mass is 19.1. The van der Waals surface area contributed by atoms with Crippen molar-refractivity contribution in [1.29, 1.82) is 0 Å². The second-order valence-electron chi connectivity index (χ2n) is 5.15. The molecule has 1 saturated carbocycles. The lowest BCUT2D eigenvalue weighted by Crippen LogP contribution is -2.53. The summed E-state index contributed by atoms with van der Waals surface area (Å²) in [6.45, 7) is 4.33. The summed E-state index contributed by atoms with van der Waals surface area (Å²) < 4.78 is 13.5. The number of benzene rings is 1. The van der Waals surface area contributed by atoms with Crippen LogP contribution in [0.3, 0.4) is 0 Å². The van der Waals surface area contributed by atoms with Crippen LogP contribution in [0.4, 0.5) is 4.39 Å². The van der Waals surface area contributed by atoms with Gasteiger partial charge in [-0.1, -0.05) is 32.0 Å². The van der Waals surface area contributed by atoms with Crippen molar-refractivity contribution in [2.45, 2.75) is 32.2 Å². The third kappa shape index (κ3) is 1.44. The van der Waals surface area contributed by atoms with Crippen LogP contribution in [0.5, 0.6) is 0 Å². The van der Waals surface area contributed by atoms with Crippen molar-refractivity contribution in [2.24, 2.45) is 11.1 Å². The average molecular weight is 193 g/mol. The fraction of sp³-hybridized carbons (Fsp3) is 0.500. The van der Waals surface area contributed by atoms with E-state index in [1.165, 1.54) is 6.07 Å². The van der Waals surface area contributed by atoms with Crippen molar-refractivity contribution in [3.8, 4) is 0 Å². The third-order valence-corrected chi connectivity index (χ3v) is 3.00. The third-order valence-electron chi connectivity index (χ3n) is 3.00. The van der Waals surface area contributed by atoms with Gasteiger partial charge in [0.05, 0.1) is 0 Å². The maximum atomic E-state index is 13.5. The second kappa shape index (κ2) is 2.80. The van der Waals surface area contributed by atoms with Crippen LogP contribution in [0.25, 0.3) is 0 Å². The van der Waals surface area contributed by atoms with Crippen molar-refractivity contribution < 1.29 is 4.39 Å². The zero-order valence-corrected chi connectivity index (χ0v) is 8.68. The van der Waals surface area contributed by atoms with Gasteiger partial charge in [0.1, 0.15) is 5.82 Å². The molecule has 0 aliphatic heterocycles. The lowest BCUT2D eigenvalue weighted by atomic mass is 9.57. The number of hydrogen-bond donors (Lipinski definition) is 1. The summed E-state index contributed by atoms with van der Waals surface area (Å²) >= 11 is 0. The smallest absolute Gasteiger partial charge is 0.128 e. The Morgan fingerprint density at radius 1 is 1.21 bits per heavy atom. The Hall–Kier alpha value is -0.890. The summed E-state index contributed by atoms with van der Waals surface area (Å²) in [6, 6.07) is 6.82. The Bertz CT molecular complexity index is 349. The predicted octanol–water partition coefficient (Wildman–Crippen LogP) is 2.80. The van der Waals surface area contributed by atoms with Crippen molar-refractivity contribution in [3.05, 3.63) is 35.6 Å². The van der Waals surface area contributed by atoms with E-state index in [9.17, 15) is 4.39 Å². The molecule has 0 spiro atoms. The average Bonchev–Trinajstić information content (AvgIpc) is 2.00. The van der Waals surface area contributed by atoms with E-state index < -0.39 is 5.54 Å². The number of halogens is 1. The van der Waals surface area contributed by atoms with E-state index in [2.05, 4.69) is 13.8 Å². The van der Waals surface area contributed by atoms with Gasteiger partial charge in [0.25, 0.3) is 0 Å². The molecule has 2 rings (SSSR count). The molecule has 0 radical (unpaired) electrons. The van der Waals surface area contributed by atoms with Gasteiger partial charge in [0, 0.05) is 11.1 Å². The first-order valence-electron chi connectivity index (χ1n) is 4.97. The lowest BCUT2D eigenvalue weighted by molar-refractivity contribution is 0.0590. The largest absolute Gasteiger partial charge is 0.321 e. The van der Waals surface area contributed by atoms with Crippen LogP contribution < -0.4 is 5.73 Å². The fourth-order valence-corrected chi connectivity index (χ4v) is 2.71. The number of hydrogen-bond acceptors (Lipinski definition) is 1. The minimum atomic E-state index is -0.436. The molecule has 0 amide bonds. The molecule has 1 nitrogen and oxygen atoms in total. The van der Waals surface area contributed by atoms with Crippen molar-refractivity contribution in [2.75, 3.05) is 0 Å². The Labute approximate surface area is 84.1 Å². The molecular formula is C12H16FN. The van der Waals surface area contributed by atoms with Gasteiger partial charge < -0.3 is 5.73 Å². The van der Waals surface area contributed by atoms with Crippen LogP contribution in [0.1, 0.15) is 32.3 Å². The van der Waals surface area contributed by atoms with Gasteiger partial charge in [-0.05, 0) is 24.3 Å². The zero-order valence-electron chi connectivity index (χ0n) is 8.68. The molecule has 14 heavy (non-hydrogen) atoms. The Kier molecular flexibility index (Phi) is 1.93. The monoisotopic (exact) mass is 193 g/mol. The number of rotatable bonds is 1. The van der Waals surface area contributed by atoms with E-state index in [1.54, 1.807) is 12.1 Å². The molecule has 0 bridgehead atoms. The molecule has 1 aromatic rings. The first-order chi connectivity index (χ1) is 6.43. The molecular weight excluding hydrogens is 177 g/mol. The highest BCUT2D eigenvalue weighted by Crippen LogP contribution is 2.52. The summed E-state index contributed by atoms with van der Waals surface area (Å²) in [4.78, 5) is 0. The summed E-state index contributed by atoms with van der Waals surface area (Å²) in [5.41, 5.74) is 6.65. The minimum absolute atomic E-state index is 0.175. The quantitative estimate of drug-likeness (QED) is 0.729. The lowest BCUT2D eigenvalue weighted by Gasteiger charge is -2.51. The van der Waals surface area contributed by atoms with Crippen LogP contribution in [-0.4, -0.2) is 0 Å². The van der Waals surface area contributed by atoms with Gasteiger partial charge in [0.15, 0.2) is 0 Å². The van der Waals surface area contributed by atoms with Crippen LogP contribution in [0.15, 0.2) is 24.3 Å². The molecule has 1 fully saturated rings. The van der Waals surface area contributed by atoms with E-state index >= 15 is 0 Å². The van der Waals surface area contributed by atoms with E-state index in [4.69, 9.17) is 5.73 Å². The summed E-state index contributed by atoms with van der Waals surface area (Å²) in [6.07, 6.45) is 1.72. The molecule has 0 unspecified atom stereocenters. The molecule has 0 heterocycles. The first kappa shape index (κ1) is 9.66. The van der Waals surface area contributed by atoms with Crippen molar-refractivity contribution in [1.82, 2.24) is 0 Å². The summed E-state index contributed by atoms with van der Waals surface area (Å²) in [7, 11) is 0. The molecule has 2 heteroatoms. The van der Waals surface area contributed by atoms with Crippen LogP contribution in [0, 0.1) is 11.2 Å². The SMILES string of the molecule is CC1(C)CC(N)(c2ccccc2F)C1. The minimum Gasteiger partial charge on any atom is -0.321 e. The topological polar surface area (TPSA) is 26.0 Å². The molecule has 76 valence electrons. The molecule has 0 atom stereocenters. The van der Waals surface area contributed by atoms with E-state index in [1.807, 2.05) is 6.07 Å². The molecule has 1 aliphatic carbocycles. The second-order valence-corrected chi connectivity index (χ2v) is 5.15. The van der Waals surface area contributed by atoms with Gasteiger partial charge in [-0.15, -0.1) is 0 Å². The maximum Gasteiger partial charge on any atom is 0.128 e. The van der Waals surface area contributed by atoms with Gasteiger partial charge >= 0.3 is 0 Å². The normalized spacial score (nSPS) is 22.9. The van der Waals surface area contributed by atoms with Gasteiger partial charge in [-0.2, -0.15) is 0 Å². The van der Waals surface area contributed by atoms with Crippen molar-refractivity contribution in [3.63, 3.8) is 0 Å². The Balaban J connectivity index is 2.30. The Morgan fingerprint density at radius 2 is 1.79 bits per heavy atom. The highest BCUT2D eigenvalue weighted by Gasteiger charge is 2.48. The molecule has 0 aromatic heterocycles. The van der Waals surface area contributed by atoms with Gasteiger partial charge in [-0.3, -0.25) is 0 Å². The zero-order chi connectivity index (χ0) is 10.4.